The van der Waals surface area contributed by atoms with E-state index in [1.165, 1.54) is 0 Å². The van der Waals surface area contributed by atoms with Gasteiger partial charge in [0.25, 0.3) is 0 Å². The highest BCUT2D eigenvalue weighted by Gasteiger charge is 2.60. The van der Waals surface area contributed by atoms with Gasteiger partial charge in [-0.15, -0.1) is 0 Å². The van der Waals surface area contributed by atoms with Crippen molar-refractivity contribution in [3.8, 4) is 0 Å². The number of hydrogen-bond donors (Lipinski definition) is 0. The zero-order chi connectivity index (χ0) is 13.0. The van der Waals surface area contributed by atoms with Crippen LogP contribution in [0.15, 0.2) is 30.3 Å². The molecule has 5 heteroatoms. The van der Waals surface area contributed by atoms with Crippen molar-refractivity contribution in [3.05, 3.63) is 35.9 Å². The predicted molar refractivity (Wildman–Crippen MR) is 62.9 cm³/mol. The Balaban J connectivity index is 1.60. The molecule has 100 valence electrons. The predicted octanol–water partition coefficient (Wildman–Crippen LogP) is 1.32. The molecule has 3 aliphatic heterocycles. The van der Waals surface area contributed by atoms with Crippen LogP contribution in [0.25, 0.3) is 0 Å². The molecule has 0 saturated carbocycles. The smallest absolute Gasteiger partial charge is 0.309 e. The fourth-order valence-corrected chi connectivity index (χ4v) is 2.97. The Morgan fingerprint density at radius 1 is 1.16 bits per heavy atom. The van der Waals surface area contributed by atoms with Crippen LogP contribution < -0.4 is 0 Å². The largest absolute Gasteiger partial charge is 0.456 e. The van der Waals surface area contributed by atoms with E-state index < -0.39 is 12.1 Å². The van der Waals surface area contributed by atoms with E-state index in [1.54, 1.807) is 0 Å². The van der Waals surface area contributed by atoms with E-state index in [0.717, 1.165) is 5.56 Å². The Bertz CT molecular complexity index is 516. The first-order valence-electron chi connectivity index (χ1n) is 6.42. The quantitative estimate of drug-likeness (QED) is 0.714. The van der Waals surface area contributed by atoms with Crippen LogP contribution in [-0.4, -0.2) is 30.6 Å². The van der Waals surface area contributed by atoms with Crippen LogP contribution in [0.1, 0.15) is 18.9 Å². The van der Waals surface area contributed by atoms with Crippen LogP contribution in [0.5, 0.6) is 0 Å². The fraction of sp³-hybridized carbons (Fsp3) is 0.500. The molecule has 3 fully saturated rings. The summed E-state index contributed by atoms with van der Waals surface area (Å²) in [4.78, 5) is 11.3. The second-order valence-corrected chi connectivity index (χ2v) is 5.21. The number of esters is 1. The van der Waals surface area contributed by atoms with E-state index in [1.807, 2.05) is 37.3 Å². The van der Waals surface area contributed by atoms with Gasteiger partial charge in [-0.2, -0.15) is 0 Å². The highest BCUT2D eigenvalue weighted by molar-refractivity contribution is 5.73. The zero-order valence-electron chi connectivity index (χ0n) is 10.4. The van der Waals surface area contributed by atoms with Gasteiger partial charge in [0.2, 0.25) is 0 Å². The second kappa shape index (κ2) is 3.79. The standard InChI is InChI=1S/C14H14O5/c1-14(8-5-3-2-4-6-8)18-12-11-9(7-10(15)17-11)16-13(12)19-14/h2-6,9,11-13H,7H2,1H3. The summed E-state index contributed by atoms with van der Waals surface area (Å²) in [7, 11) is 0. The molecule has 3 saturated heterocycles. The molecule has 5 nitrogen and oxygen atoms in total. The Morgan fingerprint density at radius 2 is 1.95 bits per heavy atom. The molecule has 0 spiro atoms. The summed E-state index contributed by atoms with van der Waals surface area (Å²) in [5, 5.41) is 0. The van der Waals surface area contributed by atoms with Gasteiger partial charge in [0.15, 0.2) is 24.3 Å². The van der Waals surface area contributed by atoms with Gasteiger partial charge in [0.1, 0.15) is 6.10 Å². The summed E-state index contributed by atoms with van der Waals surface area (Å²) >= 11 is 0. The van der Waals surface area contributed by atoms with E-state index >= 15 is 0 Å². The molecule has 4 rings (SSSR count). The molecule has 0 bridgehead atoms. The number of benzene rings is 1. The second-order valence-electron chi connectivity index (χ2n) is 5.21. The van der Waals surface area contributed by atoms with Crippen molar-refractivity contribution in [1.82, 2.24) is 0 Å². The molecule has 5 atom stereocenters. The summed E-state index contributed by atoms with van der Waals surface area (Å²) in [5.41, 5.74) is 0.925. The van der Waals surface area contributed by atoms with Gasteiger partial charge in [0, 0.05) is 5.56 Å². The van der Waals surface area contributed by atoms with Gasteiger partial charge in [-0.1, -0.05) is 30.3 Å². The lowest BCUT2D eigenvalue weighted by Gasteiger charge is -2.25. The van der Waals surface area contributed by atoms with Crippen LogP contribution in [0.2, 0.25) is 0 Å². The molecular formula is C14H14O5. The highest BCUT2D eigenvalue weighted by atomic mass is 16.8. The van der Waals surface area contributed by atoms with Gasteiger partial charge in [-0.3, -0.25) is 4.79 Å². The van der Waals surface area contributed by atoms with Crippen molar-refractivity contribution in [3.63, 3.8) is 0 Å². The maximum absolute atomic E-state index is 11.3. The molecule has 19 heavy (non-hydrogen) atoms. The van der Waals surface area contributed by atoms with E-state index in [9.17, 15) is 4.79 Å². The van der Waals surface area contributed by atoms with Crippen molar-refractivity contribution in [2.24, 2.45) is 0 Å². The van der Waals surface area contributed by atoms with Crippen molar-refractivity contribution < 1.29 is 23.7 Å². The molecule has 0 amide bonds. The lowest BCUT2D eigenvalue weighted by molar-refractivity contribution is -0.226. The molecule has 5 unspecified atom stereocenters. The third-order valence-corrected chi connectivity index (χ3v) is 3.90. The normalized spacial score (nSPS) is 43.9. The molecule has 0 aliphatic carbocycles. The number of hydrogen-bond acceptors (Lipinski definition) is 5. The summed E-state index contributed by atoms with van der Waals surface area (Å²) in [6.45, 7) is 1.86. The van der Waals surface area contributed by atoms with E-state index in [-0.39, 0.29) is 30.7 Å². The molecule has 1 aromatic carbocycles. The fourth-order valence-electron chi connectivity index (χ4n) is 2.97. The maximum atomic E-state index is 11.3. The Kier molecular flexibility index (Phi) is 2.27. The van der Waals surface area contributed by atoms with Crippen molar-refractivity contribution in [2.45, 2.75) is 43.7 Å². The number of carbonyl (C=O) groups is 1. The van der Waals surface area contributed by atoms with Crippen LogP contribution >= 0.6 is 0 Å². The first kappa shape index (κ1) is 11.4. The molecular weight excluding hydrogens is 248 g/mol. The van der Waals surface area contributed by atoms with E-state index in [4.69, 9.17) is 18.9 Å². The Morgan fingerprint density at radius 3 is 2.74 bits per heavy atom. The molecule has 3 aliphatic rings. The molecule has 0 radical (unpaired) electrons. The molecule has 3 heterocycles. The van der Waals surface area contributed by atoms with Crippen molar-refractivity contribution in [2.75, 3.05) is 0 Å². The van der Waals surface area contributed by atoms with E-state index in [0.29, 0.717) is 0 Å². The van der Waals surface area contributed by atoms with Gasteiger partial charge < -0.3 is 18.9 Å². The van der Waals surface area contributed by atoms with Crippen LogP contribution in [0.3, 0.4) is 0 Å². The third-order valence-electron chi connectivity index (χ3n) is 3.90. The summed E-state index contributed by atoms with van der Waals surface area (Å²) in [5.74, 6) is -1.08. The molecule has 1 aromatic rings. The minimum absolute atomic E-state index is 0.231. The molecule has 0 aromatic heterocycles. The SMILES string of the molecule is CC1(c2ccccc2)OC2OC3CC(=O)OC3C2O1. The van der Waals surface area contributed by atoms with Gasteiger partial charge in [-0.25, -0.2) is 0 Å². The van der Waals surface area contributed by atoms with E-state index in [2.05, 4.69) is 0 Å². The lowest BCUT2D eigenvalue weighted by atomic mass is 10.1. The minimum atomic E-state index is -0.851. The van der Waals surface area contributed by atoms with Crippen LogP contribution in [-0.2, 0) is 29.5 Å². The summed E-state index contributed by atoms with van der Waals surface area (Å²) in [6.07, 6.45) is -1.10. The first-order chi connectivity index (χ1) is 9.16. The van der Waals surface area contributed by atoms with Gasteiger partial charge in [0.05, 0.1) is 6.42 Å². The average molecular weight is 262 g/mol. The Labute approximate surface area is 110 Å². The topological polar surface area (TPSA) is 54.0 Å². The van der Waals surface area contributed by atoms with Gasteiger partial charge in [-0.05, 0) is 6.92 Å². The summed E-state index contributed by atoms with van der Waals surface area (Å²) < 4.78 is 22.9. The lowest BCUT2D eigenvalue weighted by Crippen LogP contribution is -2.33. The maximum Gasteiger partial charge on any atom is 0.309 e. The number of fused-ring (bicyclic) bond motifs is 3. The monoisotopic (exact) mass is 262 g/mol. The third kappa shape index (κ3) is 1.62. The highest BCUT2D eigenvalue weighted by Crippen LogP contribution is 2.46. The van der Waals surface area contributed by atoms with Crippen molar-refractivity contribution in [1.29, 1.82) is 0 Å². The Hall–Kier alpha value is -1.43. The zero-order valence-corrected chi connectivity index (χ0v) is 10.4. The molecule has 0 N–H and O–H groups in total. The number of ether oxygens (including phenoxy) is 4. The van der Waals surface area contributed by atoms with Crippen molar-refractivity contribution >= 4 is 5.97 Å². The van der Waals surface area contributed by atoms with Crippen LogP contribution in [0, 0.1) is 0 Å². The van der Waals surface area contributed by atoms with Gasteiger partial charge >= 0.3 is 5.97 Å². The first-order valence-corrected chi connectivity index (χ1v) is 6.42. The minimum Gasteiger partial charge on any atom is -0.456 e. The van der Waals surface area contributed by atoms with Crippen LogP contribution in [0.4, 0.5) is 0 Å². The average Bonchev–Trinajstić information content (AvgIpc) is 2.99. The number of rotatable bonds is 1. The summed E-state index contributed by atoms with van der Waals surface area (Å²) in [6, 6.07) is 9.69. The number of carbonyl (C=O) groups excluding carboxylic acids is 1.